The van der Waals surface area contributed by atoms with E-state index < -0.39 is 0 Å². The molecule has 1 heterocycles. The first kappa shape index (κ1) is 10.7. The third-order valence-corrected chi connectivity index (χ3v) is 3.23. The van der Waals surface area contributed by atoms with Crippen molar-refractivity contribution in [3.63, 3.8) is 0 Å². The van der Waals surface area contributed by atoms with Crippen LogP contribution in [0.4, 0.5) is 0 Å². The largest absolute Gasteiger partial charge is 0.361 e. The number of hydrogen-bond donors (Lipinski definition) is 1. The van der Waals surface area contributed by atoms with Crippen LogP contribution >= 0.6 is 0 Å². The molecule has 3 nitrogen and oxygen atoms in total. The van der Waals surface area contributed by atoms with E-state index in [2.05, 4.69) is 12.1 Å². The van der Waals surface area contributed by atoms with Crippen LogP contribution in [0.2, 0.25) is 0 Å². The lowest BCUT2D eigenvalue weighted by Crippen LogP contribution is -2.13. The Labute approximate surface area is 91.0 Å². The number of nitrogens with two attached hydrogens (primary N) is 1. The van der Waals surface area contributed by atoms with Gasteiger partial charge in [0.05, 0.1) is 5.69 Å². The molecule has 2 rings (SSSR count). The van der Waals surface area contributed by atoms with Gasteiger partial charge in [0, 0.05) is 12.0 Å². The van der Waals surface area contributed by atoms with Crippen molar-refractivity contribution in [1.29, 1.82) is 0 Å². The second kappa shape index (κ2) is 4.79. The second-order valence-corrected chi connectivity index (χ2v) is 4.64. The molecule has 0 amide bonds. The van der Waals surface area contributed by atoms with Crippen LogP contribution in [0, 0.1) is 5.92 Å². The molecule has 2 N–H and O–H groups in total. The van der Waals surface area contributed by atoms with Crippen molar-refractivity contribution in [3.8, 4) is 0 Å². The van der Waals surface area contributed by atoms with Crippen molar-refractivity contribution in [2.75, 3.05) is 6.54 Å². The minimum Gasteiger partial charge on any atom is -0.361 e. The van der Waals surface area contributed by atoms with Gasteiger partial charge in [-0.1, -0.05) is 18.5 Å². The summed E-state index contributed by atoms with van der Waals surface area (Å²) < 4.78 is 5.44. The highest BCUT2D eigenvalue weighted by Crippen LogP contribution is 2.24. The monoisotopic (exact) mass is 208 g/mol. The summed E-state index contributed by atoms with van der Waals surface area (Å²) >= 11 is 0. The maximum absolute atomic E-state index is 5.63. The molecule has 0 aliphatic heterocycles. The van der Waals surface area contributed by atoms with Gasteiger partial charge in [0.2, 0.25) is 0 Å². The Balaban J connectivity index is 2.14. The SMILES string of the molecule is CC(CN)Cc1onc2c1CCCCC2. The summed E-state index contributed by atoms with van der Waals surface area (Å²) in [5.74, 6) is 1.58. The van der Waals surface area contributed by atoms with Gasteiger partial charge in [0.15, 0.2) is 0 Å². The molecule has 1 aromatic rings. The van der Waals surface area contributed by atoms with Crippen molar-refractivity contribution >= 4 is 0 Å². The van der Waals surface area contributed by atoms with Crippen LogP contribution in [0.1, 0.15) is 43.2 Å². The molecule has 0 spiro atoms. The summed E-state index contributed by atoms with van der Waals surface area (Å²) in [7, 11) is 0. The number of rotatable bonds is 3. The number of aromatic nitrogens is 1. The van der Waals surface area contributed by atoms with Gasteiger partial charge in [-0.05, 0) is 38.1 Å². The lowest BCUT2D eigenvalue weighted by molar-refractivity contribution is 0.357. The van der Waals surface area contributed by atoms with E-state index in [-0.39, 0.29) is 0 Å². The average molecular weight is 208 g/mol. The van der Waals surface area contributed by atoms with E-state index in [1.54, 1.807) is 0 Å². The van der Waals surface area contributed by atoms with Gasteiger partial charge in [-0.2, -0.15) is 0 Å². The molecule has 0 fully saturated rings. The van der Waals surface area contributed by atoms with Gasteiger partial charge in [-0.25, -0.2) is 0 Å². The van der Waals surface area contributed by atoms with E-state index in [9.17, 15) is 0 Å². The van der Waals surface area contributed by atoms with Crippen LogP contribution in [-0.2, 0) is 19.3 Å². The molecule has 3 heteroatoms. The van der Waals surface area contributed by atoms with Crippen molar-refractivity contribution in [3.05, 3.63) is 17.0 Å². The van der Waals surface area contributed by atoms with Crippen LogP contribution in [0.3, 0.4) is 0 Å². The third-order valence-electron chi connectivity index (χ3n) is 3.23. The Hall–Kier alpha value is -0.830. The Morgan fingerprint density at radius 2 is 2.13 bits per heavy atom. The summed E-state index contributed by atoms with van der Waals surface area (Å²) in [5, 5.41) is 4.19. The maximum atomic E-state index is 5.63. The third kappa shape index (κ3) is 2.40. The summed E-state index contributed by atoms with van der Waals surface area (Å²) in [6.45, 7) is 2.88. The predicted molar refractivity (Wildman–Crippen MR) is 59.7 cm³/mol. The molecule has 1 unspecified atom stereocenters. The molecule has 1 aromatic heterocycles. The molecule has 0 radical (unpaired) electrons. The topological polar surface area (TPSA) is 52.0 Å². The average Bonchev–Trinajstić information content (AvgIpc) is 2.50. The molecule has 1 aliphatic carbocycles. The number of hydrogen-bond acceptors (Lipinski definition) is 3. The van der Waals surface area contributed by atoms with Gasteiger partial charge >= 0.3 is 0 Å². The van der Waals surface area contributed by atoms with Gasteiger partial charge < -0.3 is 10.3 Å². The zero-order valence-corrected chi connectivity index (χ0v) is 9.46. The Bertz CT molecular complexity index is 319. The molecule has 15 heavy (non-hydrogen) atoms. The minimum absolute atomic E-state index is 0.491. The van der Waals surface area contributed by atoms with Crippen molar-refractivity contribution < 1.29 is 4.52 Å². The second-order valence-electron chi connectivity index (χ2n) is 4.64. The van der Waals surface area contributed by atoms with Gasteiger partial charge in [0.1, 0.15) is 5.76 Å². The summed E-state index contributed by atoms with van der Waals surface area (Å²) in [5.41, 5.74) is 8.22. The van der Waals surface area contributed by atoms with Crippen LogP contribution in [-0.4, -0.2) is 11.7 Å². The van der Waals surface area contributed by atoms with Crippen molar-refractivity contribution in [2.45, 2.75) is 45.4 Å². The fourth-order valence-electron chi connectivity index (χ4n) is 2.19. The maximum Gasteiger partial charge on any atom is 0.140 e. The quantitative estimate of drug-likeness (QED) is 0.774. The van der Waals surface area contributed by atoms with E-state index in [1.807, 2.05) is 0 Å². The van der Waals surface area contributed by atoms with Crippen molar-refractivity contribution in [2.24, 2.45) is 11.7 Å². The molecule has 0 aromatic carbocycles. The molecule has 1 aliphatic rings. The first-order chi connectivity index (χ1) is 7.31. The van der Waals surface area contributed by atoms with Crippen LogP contribution in [0.15, 0.2) is 4.52 Å². The normalized spacial score (nSPS) is 18.3. The molecular formula is C12H20N2O. The van der Waals surface area contributed by atoms with E-state index in [0.717, 1.165) is 31.6 Å². The first-order valence-electron chi connectivity index (χ1n) is 5.97. The van der Waals surface area contributed by atoms with Crippen LogP contribution in [0.25, 0.3) is 0 Å². The predicted octanol–water partition coefficient (Wildman–Crippen LogP) is 2.08. The molecule has 84 valence electrons. The van der Waals surface area contributed by atoms with Crippen LogP contribution < -0.4 is 5.73 Å². The zero-order valence-electron chi connectivity index (χ0n) is 9.46. The number of fused-ring (bicyclic) bond motifs is 1. The van der Waals surface area contributed by atoms with E-state index in [1.165, 1.54) is 30.5 Å². The number of aryl methyl sites for hydroxylation is 1. The molecule has 0 saturated heterocycles. The Morgan fingerprint density at radius 3 is 2.93 bits per heavy atom. The lowest BCUT2D eigenvalue weighted by Gasteiger charge is -2.06. The Kier molecular flexibility index (Phi) is 3.41. The molecule has 0 saturated carbocycles. The fraction of sp³-hybridized carbons (Fsp3) is 0.750. The summed E-state index contributed by atoms with van der Waals surface area (Å²) in [6, 6.07) is 0. The van der Waals surface area contributed by atoms with E-state index >= 15 is 0 Å². The highest BCUT2D eigenvalue weighted by Gasteiger charge is 2.18. The smallest absolute Gasteiger partial charge is 0.140 e. The van der Waals surface area contributed by atoms with Gasteiger partial charge in [-0.15, -0.1) is 0 Å². The van der Waals surface area contributed by atoms with E-state index in [0.29, 0.717) is 5.92 Å². The molecular weight excluding hydrogens is 188 g/mol. The Morgan fingerprint density at radius 1 is 1.33 bits per heavy atom. The summed E-state index contributed by atoms with van der Waals surface area (Å²) in [6.07, 6.45) is 7.03. The first-order valence-corrected chi connectivity index (χ1v) is 5.97. The zero-order chi connectivity index (χ0) is 10.7. The minimum atomic E-state index is 0.491. The highest BCUT2D eigenvalue weighted by atomic mass is 16.5. The molecule has 1 atom stereocenters. The lowest BCUT2D eigenvalue weighted by atomic mass is 10.0. The highest BCUT2D eigenvalue weighted by molar-refractivity contribution is 5.24. The molecule has 0 bridgehead atoms. The van der Waals surface area contributed by atoms with Gasteiger partial charge in [0.25, 0.3) is 0 Å². The number of nitrogens with zero attached hydrogens (tertiary/aromatic N) is 1. The van der Waals surface area contributed by atoms with E-state index in [4.69, 9.17) is 10.3 Å². The fourth-order valence-corrected chi connectivity index (χ4v) is 2.19. The summed E-state index contributed by atoms with van der Waals surface area (Å²) in [4.78, 5) is 0. The van der Waals surface area contributed by atoms with Gasteiger partial charge in [-0.3, -0.25) is 0 Å². The van der Waals surface area contributed by atoms with Crippen molar-refractivity contribution in [1.82, 2.24) is 5.16 Å². The van der Waals surface area contributed by atoms with Crippen LogP contribution in [0.5, 0.6) is 0 Å². The standard InChI is InChI=1S/C12H20N2O/c1-9(8-13)7-12-10-5-3-2-4-6-11(10)14-15-12/h9H,2-8,13H2,1H3.